The first kappa shape index (κ1) is 15.5. The van der Waals surface area contributed by atoms with Gasteiger partial charge in [0, 0.05) is 0 Å². The van der Waals surface area contributed by atoms with Crippen LogP contribution in [0.5, 0.6) is 0 Å². The predicted octanol–water partition coefficient (Wildman–Crippen LogP) is 4.65. The maximum Gasteiger partial charge on any atom is 0.416 e. The van der Waals surface area contributed by atoms with Crippen molar-refractivity contribution in [3.05, 3.63) is 36.0 Å². The second kappa shape index (κ2) is 7.42. The Labute approximate surface area is 83.8 Å². The minimum atomic E-state index is -4.30. The molecule has 0 aromatic heterocycles. The Morgan fingerprint density at radius 2 is 1.64 bits per heavy atom. The van der Waals surface area contributed by atoms with Crippen molar-refractivity contribution in [1.29, 1.82) is 0 Å². The molecule has 0 radical (unpaired) electrons. The summed E-state index contributed by atoms with van der Waals surface area (Å²) in [6.45, 7) is 10.2. The Balaban J connectivity index is 0. The maximum absolute atomic E-state index is 12.1. The third-order valence-corrected chi connectivity index (χ3v) is 1.22. The Morgan fingerprint density at radius 3 is 1.86 bits per heavy atom. The van der Waals surface area contributed by atoms with Crippen molar-refractivity contribution in [2.75, 3.05) is 0 Å². The van der Waals surface area contributed by atoms with Crippen LogP contribution in [0.3, 0.4) is 0 Å². The summed E-state index contributed by atoms with van der Waals surface area (Å²) in [5, 5.41) is 0. The van der Waals surface area contributed by atoms with E-state index < -0.39 is 11.7 Å². The zero-order valence-corrected chi connectivity index (χ0v) is 9.07. The van der Waals surface area contributed by atoms with Crippen LogP contribution in [0.25, 0.3) is 0 Å². The standard InChI is InChI=1S/C9H11F3.C2H6/c1-4-5-6-8(7(2)3)9(10,11)12;1-2/h4-6H,2H2,1,3H3;1-2H3/b5-4-,8-6+;. The lowest BCUT2D eigenvalue weighted by Crippen LogP contribution is -2.12. The summed E-state index contributed by atoms with van der Waals surface area (Å²) in [7, 11) is 0. The largest absolute Gasteiger partial charge is 0.416 e. The smallest absolute Gasteiger partial charge is 0.166 e. The quantitative estimate of drug-likeness (QED) is 0.577. The zero-order chi connectivity index (χ0) is 11.8. The summed E-state index contributed by atoms with van der Waals surface area (Å²) in [5.41, 5.74) is -0.652. The van der Waals surface area contributed by atoms with Crippen molar-refractivity contribution in [1.82, 2.24) is 0 Å². The van der Waals surface area contributed by atoms with E-state index in [9.17, 15) is 13.2 Å². The molecule has 0 aliphatic carbocycles. The Morgan fingerprint density at radius 1 is 1.21 bits per heavy atom. The van der Waals surface area contributed by atoms with Crippen molar-refractivity contribution in [2.45, 2.75) is 33.9 Å². The minimum Gasteiger partial charge on any atom is -0.166 e. The van der Waals surface area contributed by atoms with Gasteiger partial charge in [-0.15, -0.1) is 0 Å². The Kier molecular flexibility index (Phi) is 8.20. The van der Waals surface area contributed by atoms with Crippen molar-refractivity contribution in [2.24, 2.45) is 0 Å². The minimum absolute atomic E-state index is 0.0283. The van der Waals surface area contributed by atoms with Gasteiger partial charge in [0.25, 0.3) is 0 Å². The van der Waals surface area contributed by atoms with Gasteiger partial charge in [-0.2, -0.15) is 13.2 Å². The van der Waals surface area contributed by atoms with E-state index in [0.29, 0.717) is 0 Å². The van der Waals surface area contributed by atoms with Crippen molar-refractivity contribution >= 4 is 0 Å². The predicted molar refractivity (Wildman–Crippen MR) is 55.1 cm³/mol. The van der Waals surface area contributed by atoms with Gasteiger partial charge in [-0.1, -0.05) is 38.7 Å². The zero-order valence-electron chi connectivity index (χ0n) is 9.07. The highest BCUT2D eigenvalue weighted by Gasteiger charge is 2.33. The number of hydrogen-bond donors (Lipinski definition) is 0. The summed E-state index contributed by atoms with van der Waals surface area (Å²) in [5.74, 6) is 0. The fourth-order valence-electron chi connectivity index (χ4n) is 0.671. The second-order valence-corrected chi connectivity index (χ2v) is 2.38. The molecule has 82 valence electrons. The molecule has 0 N–H and O–H groups in total. The van der Waals surface area contributed by atoms with Crippen LogP contribution in [0.2, 0.25) is 0 Å². The molecule has 0 atom stereocenters. The summed E-state index contributed by atoms with van der Waals surface area (Å²) >= 11 is 0. The summed E-state index contributed by atoms with van der Waals surface area (Å²) < 4.78 is 36.4. The first-order valence-corrected chi connectivity index (χ1v) is 4.45. The SMILES string of the molecule is C=C(C)/C(=C\C=C/C)C(F)(F)F.CC. The number of hydrogen-bond acceptors (Lipinski definition) is 0. The monoisotopic (exact) mass is 206 g/mol. The van der Waals surface area contributed by atoms with Gasteiger partial charge in [0.2, 0.25) is 0 Å². The van der Waals surface area contributed by atoms with Gasteiger partial charge in [0.15, 0.2) is 0 Å². The normalized spacial score (nSPS) is 12.4. The number of halogens is 3. The van der Waals surface area contributed by atoms with Gasteiger partial charge in [-0.3, -0.25) is 0 Å². The molecule has 0 unspecified atom stereocenters. The fraction of sp³-hybridized carbons (Fsp3) is 0.455. The molecule has 14 heavy (non-hydrogen) atoms. The fourth-order valence-corrected chi connectivity index (χ4v) is 0.671. The molecule has 3 heteroatoms. The van der Waals surface area contributed by atoms with E-state index >= 15 is 0 Å². The lowest BCUT2D eigenvalue weighted by molar-refractivity contribution is -0.0892. The molecule has 0 aliphatic heterocycles. The summed E-state index contributed by atoms with van der Waals surface area (Å²) in [4.78, 5) is 0. The lowest BCUT2D eigenvalue weighted by Gasteiger charge is -2.09. The topological polar surface area (TPSA) is 0 Å². The van der Waals surface area contributed by atoms with E-state index in [4.69, 9.17) is 0 Å². The maximum atomic E-state index is 12.1. The van der Waals surface area contributed by atoms with Crippen molar-refractivity contribution < 1.29 is 13.2 Å². The highest BCUT2D eigenvalue weighted by molar-refractivity contribution is 5.33. The third kappa shape index (κ3) is 6.52. The van der Waals surface area contributed by atoms with E-state index in [-0.39, 0.29) is 5.57 Å². The first-order chi connectivity index (χ1) is 6.39. The Hall–Kier alpha value is -0.990. The molecule has 0 aromatic carbocycles. The van der Waals surface area contributed by atoms with Crippen LogP contribution >= 0.6 is 0 Å². The van der Waals surface area contributed by atoms with Gasteiger partial charge in [0.05, 0.1) is 5.57 Å². The highest BCUT2D eigenvalue weighted by atomic mass is 19.4. The molecule has 0 bridgehead atoms. The van der Waals surface area contributed by atoms with Crippen LogP contribution < -0.4 is 0 Å². The Bertz CT molecular complexity index is 219. The lowest BCUT2D eigenvalue weighted by atomic mass is 10.1. The van der Waals surface area contributed by atoms with Gasteiger partial charge >= 0.3 is 6.18 Å². The highest BCUT2D eigenvalue weighted by Crippen LogP contribution is 2.30. The van der Waals surface area contributed by atoms with E-state index in [1.54, 1.807) is 6.92 Å². The summed E-state index contributed by atoms with van der Waals surface area (Å²) in [6.07, 6.45) is -0.403. The van der Waals surface area contributed by atoms with E-state index in [1.807, 2.05) is 13.8 Å². The van der Waals surface area contributed by atoms with E-state index in [1.165, 1.54) is 19.1 Å². The molecule has 0 heterocycles. The van der Waals surface area contributed by atoms with Gasteiger partial charge in [0.1, 0.15) is 0 Å². The van der Waals surface area contributed by atoms with Crippen LogP contribution in [0.4, 0.5) is 13.2 Å². The van der Waals surface area contributed by atoms with Gasteiger partial charge < -0.3 is 0 Å². The summed E-state index contributed by atoms with van der Waals surface area (Å²) in [6, 6.07) is 0. The number of allylic oxidation sites excluding steroid dienone is 5. The number of alkyl halides is 3. The van der Waals surface area contributed by atoms with Crippen LogP contribution in [-0.2, 0) is 0 Å². The molecule has 0 saturated heterocycles. The van der Waals surface area contributed by atoms with Crippen LogP contribution in [0.15, 0.2) is 36.0 Å². The molecule has 0 nitrogen and oxygen atoms in total. The average Bonchev–Trinajstić information content (AvgIpc) is 2.05. The molecule has 0 spiro atoms. The molecular formula is C11H17F3. The molecule has 0 amide bonds. The molecule has 0 aromatic rings. The van der Waals surface area contributed by atoms with Crippen LogP contribution in [0, 0.1) is 0 Å². The first-order valence-electron chi connectivity index (χ1n) is 4.45. The van der Waals surface area contributed by atoms with Crippen molar-refractivity contribution in [3.63, 3.8) is 0 Å². The molecule has 0 rings (SSSR count). The third-order valence-electron chi connectivity index (χ3n) is 1.22. The molecule has 0 fully saturated rings. The second-order valence-electron chi connectivity index (χ2n) is 2.38. The number of rotatable bonds is 2. The average molecular weight is 206 g/mol. The molecule has 0 saturated carbocycles. The van der Waals surface area contributed by atoms with E-state index in [0.717, 1.165) is 6.08 Å². The van der Waals surface area contributed by atoms with Crippen LogP contribution in [-0.4, -0.2) is 6.18 Å². The molecular weight excluding hydrogens is 189 g/mol. The van der Waals surface area contributed by atoms with Crippen molar-refractivity contribution in [3.8, 4) is 0 Å². The van der Waals surface area contributed by atoms with E-state index in [2.05, 4.69) is 6.58 Å². The van der Waals surface area contributed by atoms with Gasteiger partial charge in [-0.25, -0.2) is 0 Å². The molecule has 0 aliphatic rings. The van der Waals surface area contributed by atoms with Gasteiger partial charge in [-0.05, 0) is 19.4 Å². The van der Waals surface area contributed by atoms with Crippen LogP contribution in [0.1, 0.15) is 27.7 Å².